The van der Waals surface area contributed by atoms with Crippen LogP contribution in [0, 0.1) is 17.1 Å². The molecule has 142 valence electrons. The molecule has 2 aromatic carbocycles. The number of fused-ring (bicyclic) bond motifs is 2. The highest BCUT2D eigenvalue weighted by molar-refractivity contribution is 5.88. The van der Waals surface area contributed by atoms with Crippen molar-refractivity contribution < 1.29 is 13.6 Å². The number of nitrogens with zero attached hydrogens (tertiary/aromatic N) is 1. The highest BCUT2D eigenvalue weighted by atomic mass is 19.1. The van der Waals surface area contributed by atoms with Gasteiger partial charge < -0.3 is 15.1 Å². The monoisotopic (exact) mass is 377 g/mol. The maximum Gasteiger partial charge on any atom is 0.224 e. The zero-order chi connectivity index (χ0) is 19.5. The minimum Gasteiger partial charge on any atom is -0.464 e. The number of halogens is 1. The molecule has 1 aromatic heterocycles. The number of furan rings is 1. The van der Waals surface area contributed by atoms with Crippen LogP contribution in [0.1, 0.15) is 28.7 Å². The fourth-order valence-corrected chi connectivity index (χ4v) is 3.70. The molecule has 0 aliphatic heterocycles. The Morgan fingerprint density at radius 1 is 1.21 bits per heavy atom. The number of carbonyl (C=O) groups is 1. The van der Waals surface area contributed by atoms with Crippen molar-refractivity contribution in [3.63, 3.8) is 0 Å². The molecule has 3 aromatic rings. The van der Waals surface area contributed by atoms with Gasteiger partial charge in [0.15, 0.2) is 0 Å². The van der Waals surface area contributed by atoms with Crippen LogP contribution in [-0.4, -0.2) is 19.0 Å². The summed E-state index contributed by atoms with van der Waals surface area (Å²) in [5.41, 5.74) is 4.81. The summed E-state index contributed by atoms with van der Waals surface area (Å²) < 4.78 is 19.2. The third-order valence-electron chi connectivity index (χ3n) is 5.11. The van der Waals surface area contributed by atoms with Gasteiger partial charge in [0.2, 0.25) is 5.91 Å². The average molecular weight is 377 g/mol. The predicted molar refractivity (Wildman–Crippen MR) is 105 cm³/mol. The van der Waals surface area contributed by atoms with Crippen molar-refractivity contribution in [2.24, 2.45) is 0 Å². The van der Waals surface area contributed by atoms with E-state index in [9.17, 15) is 9.18 Å². The number of anilines is 1. The zero-order valence-electron chi connectivity index (χ0n) is 15.3. The van der Waals surface area contributed by atoms with Crippen LogP contribution in [0.15, 0.2) is 41.0 Å². The van der Waals surface area contributed by atoms with E-state index in [0.717, 1.165) is 29.4 Å². The fraction of sp³-hybridized carbons (Fsp3) is 0.273. The molecule has 0 radical (unpaired) electrons. The van der Waals surface area contributed by atoms with Crippen molar-refractivity contribution >= 4 is 22.6 Å². The van der Waals surface area contributed by atoms with Crippen molar-refractivity contribution in [1.29, 1.82) is 5.26 Å². The lowest BCUT2D eigenvalue weighted by Gasteiger charge is -2.09. The van der Waals surface area contributed by atoms with Gasteiger partial charge in [-0.1, -0.05) is 6.07 Å². The molecule has 0 spiro atoms. The second-order valence-corrected chi connectivity index (χ2v) is 6.96. The SMILES string of the molecule is N#Cc1c(F)cccc1NCCNC(=O)Cc1coc2cc3c(cc12)CCC3. The predicted octanol–water partition coefficient (Wildman–Crippen LogP) is 3.70. The Bertz CT molecular complexity index is 1080. The standard InChI is InChI=1S/C22H20FN3O2/c23-19-5-2-6-20(18(19)12-24)25-7-8-26-22(27)11-16-13-28-21-10-15-4-1-3-14(15)9-17(16)21/h2,5-6,9-10,13,25H,1,3-4,7-8,11H2,(H,26,27). The minimum absolute atomic E-state index is 0.0220. The van der Waals surface area contributed by atoms with Crippen LogP contribution in [0.4, 0.5) is 10.1 Å². The molecule has 0 saturated carbocycles. The lowest BCUT2D eigenvalue weighted by atomic mass is 10.0. The number of nitriles is 1. The molecular formula is C22H20FN3O2. The van der Waals surface area contributed by atoms with E-state index in [1.165, 1.54) is 29.7 Å². The highest BCUT2D eigenvalue weighted by Gasteiger charge is 2.16. The van der Waals surface area contributed by atoms with Gasteiger partial charge in [-0.3, -0.25) is 4.79 Å². The van der Waals surface area contributed by atoms with Gasteiger partial charge >= 0.3 is 0 Å². The number of hydrogen-bond donors (Lipinski definition) is 2. The summed E-state index contributed by atoms with van der Waals surface area (Å²) in [5.74, 6) is -0.667. The van der Waals surface area contributed by atoms with Crippen molar-refractivity contribution in [1.82, 2.24) is 5.32 Å². The second-order valence-electron chi connectivity index (χ2n) is 6.96. The summed E-state index contributed by atoms with van der Waals surface area (Å²) in [6.07, 6.45) is 5.24. The first kappa shape index (κ1) is 18.1. The molecule has 0 fully saturated rings. The summed E-state index contributed by atoms with van der Waals surface area (Å²) in [6, 6.07) is 10.5. The Morgan fingerprint density at radius 3 is 2.86 bits per heavy atom. The van der Waals surface area contributed by atoms with Crippen LogP contribution in [0.5, 0.6) is 0 Å². The first-order valence-electron chi connectivity index (χ1n) is 9.37. The van der Waals surface area contributed by atoms with Gasteiger partial charge in [-0.25, -0.2) is 4.39 Å². The molecule has 1 aliphatic rings. The van der Waals surface area contributed by atoms with Gasteiger partial charge in [0, 0.05) is 24.0 Å². The molecule has 2 N–H and O–H groups in total. The molecule has 0 saturated heterocycles. The molecule has 1 aliphatic carbocycles. The van der Waals surface area contributed by atoms with Crippen LogP contribution >= 0.6 is 0 Å². The van der Waals surface area contributed by atoms with E-state index in [-0.39, 0.29) is 17.9 Å². The largest absolute Gasteiger partial charge is 0.464 e. The minimum atomic E-state index is -0.560. The summed E-state index contributed by atoms with van der Waals surface area (Å²) in [7, 11) is 0. The Hall–Kier alpha value is -3.33. The van der Waals surface area contributed by atoms with Crippen LogP contribution in [-0.2, 0) is 24.1 Å². The first-order chi connectivity index (χ1) is 13.7. The van der Waals surface area contributed by atoms with E-state index < -0.39 is 5.82 Å². The topological polar surface area (TPSA) is 78.1 Å². The molecule has 0 bridgehead atoms. The third kappa shape index (κ3) is 3.56. The number of carbonyl (C=O) groups excluding carboxylic acids is 1. The van der Waals surface area contributed by atoms with Gasteiger partial charge in [-0.15, -0.1) is 0 Å². The van der Waals surface area contributed by atoms with Gasteiger partial charge in [-0.05, 0) is 54.7 Å². The van der Waals surface area contributed by atoms with Crippen LogP contribution in [0.2, 0.25) is 0 Å². The van der Waals surface area contributed by atoms with Crippen molar-refractivity contribution in [3.05, 3.63) is 64.7 Å². The molecule has 5 nitrogen and oxygen atoms in total. The third-order valence-corrected chi connectivity index (χ3v) is 5.11. The molecule has 1 heterocycles. The Morgan fingerprint density at radius 2 is 2.04 bits per heavy atom. The molecule has 0 atom stereocenters. The second kappa shape index (κ2) is 7.73. The van der Waals surface area contributed by atoms with E-state index in [1.54, 1.807) is 12.3 Å². The molecule has 4 rings (SSSR count). The summed E-state index contributed by atoms with van der Waals surface area (Å²) >= 11 is 0. The summed E-state index contributed by atoms with van der Waals surface area (Å²) in [4.78, 5) is 12.3. The van der Waals surface area contributed by atoms with Gasteiger partial charge in [0.25, 0.3) is 0 Å². The van der Waals surface area contributed by atoms with E-state index >= 15 is 0 Å². The Labute approximate surface area is 162 Å². The normalized spacial score (nSPS) is 12.6. The number of hydrogen-bond acceptors (Lipinski definition) is 4. The zero-order valence-corrected chi connectivity index (χ0v) is 15.3. The maximum atomic E-state index is 13.6. The lowest BCUT2D eigenvalue weighted by molar-refractivity contribution is -0.120. The van der Waals surface area contributed by atoms with Crippen molar-refractivity contribution in [3.8, 4) is 6.07 Å². The molecular weight excluding hydrogens is 357 g/mol. The quantitative estimate of drug-likeness (QED) is 0.642. The smallest absolute Gasteiger partial charge is 0.224 e. The van der Waals surface area contributed by atoms with E-state index in [4.69, 9.17) is 9.68 Å². The summed E-state index contributed by atoms with van der Waals surface area (Å²) in [5, 5.41) is 15.9. The van der Waals surface area contributed by atoms with Crippen molar-refractivity contribution in [2.45, 2.75) is 25.7 Å². The number of benzene rings is 2. The molecule has 0 unspecified atom stereocenters. The molecule has 1 amide bonds. The number of rotatable bonds is 6. The van der Waals surface area contributed by atoms with Crippen LogP contribution in [0.25, 0.3) is 11.0 Å². The number of aryl methyl sites for hydroxylation is 2. The summed E-state index contributed by atoms with van der Waals surface area (Å²) in [6.45, 7) is 0.759. The molecule has 6 heteroatoms. The average Bonchev–Trinajstić information content (AvgIpc) is 3.30. The Kier molecular flexibility index (Phi) is 4.98. The van der Waals surface area contributed by atoms with Crippen LogP contribution < -0.4 is 10.6 Å². The fourth-order valence-electron chi connectivity index (χ4n) is 3.70. The maximum absolute atomic E-state index is 13.6. The van der Waals surface area contributed by atoms with E-state index in [1.807, 2.05) is 6.07 Å². The van der Waals surface area contributed by atoms with E-state index in [0.29, 0.717) is 18.8 Å². The Balaban J connectivity index is 1.33. The van der Waals surface area contributed by atoms with Gasteiger partial charge in [-0.2, -0.15) is 5.26 Å². The first-order valence-corrected chi connectivity index (χ1v) is 9.37. The van der Waals surface area contributed by atoms with E-state index in [2.05, 4.69) is 22.8 Å². The van der Waals surface area contributed by atoms with Gasteiger partial charge in [0.1, 0.15) is 23.0 Å². The van der Waals surface area contributed by atoms with Crippen LogP contribution in [0.3, 0.4) is 0 Å². The van der Waals surface area contributed by atoms with Gasteiger partial charge in [0.05, 0.1) is 18.4 Å². The number of nitrogens with one attached hydrogen (secondary N) is 2. The molecule has 28 heavy (non-hydrogen) atoms. The lowest BCUT2D eigenvalue weighted by Crippen LogP contribution is -2.30. The van der Waals surface area contributed by atoms with Crippen molar-refractivity contribution in [2.75, 3.05) is 18.4 Å². The highest BCUT2D eigenvalue weighted by Crippen LogP contribution is 2.30. The number of amides is 1.